The molecule has 0 radical (unpaired) electrons. The van der Waals surface area contributed by atoms with Crippen LogP contribution in [0.15, 0.2) is 42.5 Å². The van der Waals surface area contributed by atoms with E-state index in [9.17, 15) is 0 Å². The van der Waals surface area contributed by atoms with Crippen molar-refractivity contribution < 1.29 is 4.74 Å². The Morgan fingerprint density at radius 1 is 1.24 bits per heavy atom. The van der Waals surface area contributed by atoms with Crippen molar-refractivity contribution in [2.45, 2.75) is 6.92 Å². The number of nitrogens with zero attached hydrogens (tertiary/aromatic N) is 1. The Kier molecular flexibility index (Phi) is 4.27. The number of benzene rings is 2. The molecule has 3 aromatic rings. The predicted octanol–water partition coefficient (Wildman–Crippen LogP) is 4.75. The maximum Gasteiger partial charge on any atom is 0.183 e. The van der Waals surface area contributed by atoms with Gasteiger partial charge in [0.25, 0.3) is 0 Å². The Balaban J connectivity index is 1.54. The fourth-order valence-corrected chi connectivity index (χ4v) is 3.17. The third kappa shape index (κ3) is 3.65. The van der Waals surface area contributed by atoms with Crippen molar-refractivity contribution in [2.75, 3.05) is 18.5 Å². The molecule has 0 atom stereocenters. The minimum absolute atomic E-state index is 0.597. The van der Waals surface area contributed by atoms with Crippen LogP contribution in [0, 0.1) is 6.92 Å². The number of hydrogen-bond donors (Lipinski definition) is 1. The number of thiazole rings is 1. The molecule has 5 heteroatoms. The van der Waals surface area contributed by atoms with E-state index in [2.05, 4.69) is 23.3 Å². The second-order valence-electron chi connectivity index (χ2n) is 4.72. The number of rotatable bonds is 5. The highest BCUT2D eigenvalue weighted by molar-refractivity contribution is 7.22. The van der Waals surface area contributed by atoms with Crippen molar-refractivity contribution in [3.8, 4) is 5.75 Å². The minimum Gasteiger partial charge on any atom is -0.492 e. The molecule has 0 unspecified atom stereocenters. The van der Waals surface area contributed by atoms with E-state index in [4.69, 9.17) is 16.3 Å². The molecule has 2 aromatic carbocycles. The van der Waals surface area contributed by atoms with Crippen molar-refractivity contribution in [3.63, 3.8) is 0 Å². The number of anilines is 1. The second kappa shape index (κ2) is 6.33. The molecule has 0 amide bonds. The molecule has 0 fully saturated rings. The van der Waals surface area contributed by atoms with Crippen LogP contribution >= 0.6 is 22.9 Å². The van der Waals surface area contributed by atoms with Gasteiger partial charge in [0.1, 0.15) is 12.4 Å². The van der Waals surface area contributed by atoms with Crippen LogP contribution in [0.4, 0.5) is 5.13 Å². The van der Waals surface area contributed by atoms with E-state index in [1.807, 2.05) is 36.4 Å². The number of fused-ring (bicyclic) bond motifs is 1. The molecular weight excluding hydrogens is 304 g/mol. The molecule has 0 saturated carbocycles. The lowest BCUT2D eigenvalue weighted by Gasteiger charge is -2.07. The van der Waals surface area contributed by atoms with Gasteiger partial charge in [0, 0.05) is 5.02 Å². The number of nitrogens with one attached hydrogen (secondary N) is 1. The average molecular weight is 319 g/mol. The first-order valence-electron chi connectivity index (χ1n) is 6.70. The summed E-state index contributed by atoms with van der Waals surface area (Å²) in [6.45, 7) is 3.36. The van der Waals surface area contributed by atoms with Crippen LogP contribution in [0.25, 0.3) is 10.2 Å². The summed E-state index contributed by atoms with van der Waals surface area (Å²) in [7, 11) is 0. The predicted molar refractivity (Wildman–Crippen MR) is 89.8 cm³/mol. The molecule has 0 aliphatic heterocycles. The standard InChI is InChI=1S/C16H15ClN2OS/c1-11-3-2-4-13(9-11)20-8-7-18-16-19-14-6-5-12(17)10-15(14)21-16/h2-6,9-10H,7-8H2,1H3,(H,18,19). The van der Waals surface area contributed by atoms with Gasteiger partial charge in [0.15, 0.2) is 5.13 Å². The SMILES string of the molecule is Cc1cccc(OCCNc2nc3ccc(Cl)cc3s2)c1. The van der Waals surface area contributed by atoms with Crippen molar-refractivity contribution in [2.24, 2.45) is 0 Å². The van der Waals surface area contributed by atoms with Gasteiger partial charge in [-0.3, -0.25) is 0 Å². The van der Waals surface area contributed by atoms with Crippen molar-refractivity contribution in [3.05, 3.63) is 53.1 Å². The lowest BCUT2D eigenvalue weighted by Crippen LogP contribution is -2.11. The molecular formula is C16H15ClN2OS. The highest BCUT2D eigenvalue weighted by Gasteiger charge is 2.03. The van der Waals surface area contributed by atoms with Crippen LogP contribution in [0.3, 0.4) is 0 Å². The molecule has 0 bridgehead atoms. The maximum atomic E-state index is 5.97. The number of aromatic nitrogens is 1. The minimum atomic E-state index is 0.597. The van der Waals surface area contributed by atoms with Gasteiger partial charge >= 0.3 is 0 Å². The van der Waals surface area contributed by atoms with E-state index >= 15 is 0 Å². The van der Waals surface area contributed by atoms with Gasteiger partial charge in [0.05, 0.1) is 16.8 Å². The van der Waals surface area contributed by atoms with E-state index in [0.29, 0.717) is 13.2 Å². The molecule has 21 heavy (non-hydrogen) atoms. The Labute approximate surface area is 132 Å². The number of ether oxygens (including phenoxy) is 1. The van der Waals surface area contributed by atoms with Gasteiger partial charge in [-0.05, 0) is 42.8 Å². The molecule has 0 aliphatic rings. The molecule has 1 heterocycles. The van der Waals surface area contributed by atoms with Crippen LogP contribution in [-0.4, -0.2) is 18.1 Å². The molecule has 3 nitrogen and oxygen atoms in total. The average Bonchev–Trinajstić information content (AvgIpc) is 2.85. The molecule has 108 valence electrons. The van der Waals surface area contributed by atoms with Crippen LogP contribution in [-0.2, 0) is 0 Å². The van der Waals surface area contributed by atoms with Crippen molar-refractivity contribution in [1.82, 2.24) is 4.98 Å². The lowest BCUT2D eigenvalue weighted by molar-refractivity contribution is 0.332. The van der Waals surface area contributed by atoms with Crippen LogP contribution < -0.4 is 10.1 Å². The van der Waals surface area contributed by atoms with Gasteiger partial charge in [0.2, 0.25) is 0 Å². The zero-order valence-electron chi connectivity index (χ0n) is 11.6. The van der Waals surface area contributed by atoms with Crippen LogP contribution in [0.1, 0.15) is 5.56 Å². The summed E-state index contributed by atoms with van der Waals surface area (Å²) in [4.78, 5) is 4.51. The Morgan fingerprint density at radius 2 is 2.14 bits per heavy atom. The molecule has 0 spiro atoms. The van der Waals surface area contributed by atoms with Crippen LogP contribution in [0.2, 0.25) is 5.02 Å². The van der Waals surface area contributed by atoms with Gasteiger partial charge in [-0.25, -0.2) is 4.98 Å². The summed E-state index contributed by atoms with van der Waals surface area (Å²) in [5.74, 6) is 0.896. The summed E-state index contributed by atoms with van der Waals surface area (Å²) in [6.07, 6.45) is 0. The Hall–Kier alpha value is -1.78. The summed E-state index contributed by atoms with van der Waals surface area (Å²) in [5.41, 5.74) is 2.16. The zero-order valence-corrected chi connectivity index (χ0v) is 13.2. The molecule has 1 N–H and O–H groups in total. The van der Waals surface area contributed by atoms with Gasteiger partial charge in [-0.1, -0.05) is 35.1 Å². The third-order valence-electron chi connectivity index (χ3n) is 2.99. The number of aryl methyl sites for hydroxylation is 1. The van der Waals surface area contributed by atoms with E-state index in [1.54, 1.807) is 11.3 Å². The van der Waals surface area contributed by atoms with E-state index in [0.717, 1.165) is 26.1 Å². The first-order valence-corrected chi connectivity index (χ1v) is 7.89. The largest absolute Gasteiger partial charge is 0.492 e. The van der Waals surface area contributed by atoms with Crippen molar-refractivity contribution in [1.29, 1.82) is 0 Å². The van der Waals surface area contributed by atoms with Crippen molar-refractivity contribution >= 4 is 38.3 Å². The van der Waals surface area contributed by atoms with E-state index < -0.39 is 0 Å². The number of halogens is 1. The quantitative estimate of drug-likeness (QED) is 0.689. The molecule has 0 aliphatic carbocycles. The summed E-state index contributed by atoms with van der Waals surface area (Å²) < 4.78 is 6.78. The smallest absolute Gasteiger partial charge is 0.183 e. The topological polar surface area (TPSA) is 34.1 Å². The van der Waals surface area contributed by atoms with Crippen LogP contribution in [0.5, 0.6) is 5.75 Å². The van der Waals surface area contributed by atoms with E-state index in [-0.39, 0.29) is 0 Å². The third-order valence-corrected chi connectivity index (χ3v) is 4.20. The molecule has 1 aromatic heterocycles. The van der Waals surface area contributed by atoms with Gasteiger partial charge in [-0.15, -0.1) is 0 Å². The fourth-order valence-electron chi connectivity index (χ4n) is 2.01. The monoisotopic (exact) mass is 318 g/mol. The van der Waals surface area contributed by atoms with Gasteiger partial charge < -0.3 is 10.1 Å². The number of hydrogen-bond acceptors (Lipinski definition) is 4. The first kappa shape index (κ1) is 14.2. The van der Waals surface area contributed by atoms with Gasteiger partial charge in [-0.2, -0.15) is 0 Å². The molecule has 0 saturated heterocycles. The summed E-state index contributed by atoms with van der Waals surface area (Å²) >= 11 is 7.57. The van der Waals surface area contributed by atoms with E-state index in [1.165, 1.54) is 5.56 Å². The first-order chi connectivity index (χ1) is 10.2. The lowest BCUT2D eigenvalue weighted by atomic mass is 10.2. The summed E-state index contributed by atoms with van der Waals surface area (Å²) in [5, 5.41) is 4.90. The maximum absolute atomic E-state index is 5.97. The summed E-state index contributed by atoms with van der Waals surface area (Å²) in [6, 6.07) is 13.8. The highest BCUT2D eigenvalue weighted by atomic mass is 35.5. The normalized spacial score (nSPS) is 10.8. The zero-order chi connectivity index (χ0) is 14.7. The Morgan fingerprint density at radius 3 is 3.00 bits per heavy atom. The fraction of sp³-hybridized carbons (Fsp3) is 0.188. The Bertz CT molecular complexity index is 757. The highest BCUT2D eigenvalue weighted by Crippen LogP contribution is 2.28. The second-order valence-corrected chi connectivity index (χ2v) is 6.19. The molecule has 3 rings (SSSR count).